The van der Waals surface area contributed by atoms with E-state index in [1.54, 1.807) is 24.3 Å². The number of aromatic hydroxyl groups is 2. The second kappa shape index (κ2) is 6.25. The molecule has 150 valence electrons. The van der Waals surface area contributed by atoms with Crippen LogP contribution in [0.2, 0.25) is 0 Å². The van der Waals surface area contributed by atoms with Crippen LogP contribution in [0, 0.1) is 0 Å². The SMILES string of the molecule is CC(=O)NCc1cc(O)cc2c1C1(OC(=O)c3ccccc31)c1ccc(O)cc1O2. The number of phenols is 2. The zero-order valence-corrected chi connectivity index (χ0v) is 15.9. The summed E-state index contributed by atoms with van der Waals surface area (Å²) in [5.74, 6) is -0.224. The Morgan fingerprint density at radius 3 is 2.57 bits per heavy atom. The van der Waals surface area contributed by atoms with Crippen molar-refractivity contribution in [3.63, 3.8) is 0 Å². The maximum absolute atomic E-state index is 12.8. The van der Waals surface area contributed by atoms with Crippen LogP contribution in [0.4, 0.5) is 0 Å². The van der Waals surface area contributed by atoms with Gasteiger partial charge in [0.25, 0.3) is 0 Å². The molecule has 3 N–H and O–H groups in total. The number of nitrogens with one attached hydrogen (secondary N) is 1. The Morgan fingerprint density at radius 1 is 1.00 bits per heavy atom. The summed E-state index contributed by atoms with van der Waals surface area (Å²) in [4.78, 5) is 24.4. The molecule has 0 saturated carbocycles. The van der Waals surface area contributed by atoms with Crippen molar-refractivity contribution in [1.82, 2.24) is 5.32 Å². The number of benzene rings is 3. The first-order valence-corrected chi connectivity index (χ1v) is 9.35. The first kappa shape index (κ1) is 18.1. The summed E-state index contributed by atoms with van der Waals surface area (Å²) in [7, 11) is 0. The summed E-state index contributed by atoms with van der Waals surface area (Å²) in [6, 6.07) is 14.6. The fourth-order valence-electron chi connectivity index (χ4n) is 4.24. The van der Waals surface area contributed by atoms with Gasteiger partial charge in [-0.15, -0.1) is 0 Å². The molecule has 3 aromatic rings. The zero-order chi connectivity index (χ0) is 21.0. The highest BCUT2D eigenvalue weighted by Gasteiger charge is 2.54. The van der Waals surface area contributed by atoms with E-state index >= 15 is 0 Å². The minimum atomic E-state index is -1.34. The number of ether oxygens (including phenoxy) is 2. The largest absolute Gasteiger partial charge is 0.508 e. The van der Waals surface area contributed by atoms with Crippen LogP contribution in [0.1, 0.15) is 39.5 Å². The molecule has 1 unspecified atom stereocenters. The highest BCUT2D eigenvalue weighted by Crippen LogP contribution is 2.58. The quantitative estimate of drug-likeness (QED) is 0.567. The molecule has 7 heteroatoms. The van der Waals surface area contributed by atoms with Gasteiger partial charge in [0, 0.05) is 36.7 Å². The molecule has 0 radical (unpaired) electrons. The van der Waals surface area contributed by atoms with Gasteiger partial charge < -0.3 is 25.0 Å². The molecule has 0 fully saturated rings. The molecule has 7 nitrogen and oxygen atoms in total. The Balaban J connectivity index is 1.86. The molecule has 2 aliphatic rings. The smallest absolute Gasteiger partial charge is 0.340 e. The summed E-state index contributed by atoms with van der Waals surface area (Å²) >= 11 is 0. The van der Waals surface area contributed by atoms with Crippen molar-refractivity contribution in [2.45, 2.75) is 19.1 Å². The summed E-state index contributed by atoms with van der Waals surface area (Å²) in [5, 5.41) is 23.0. The van der Waals surface area contributed by atoms with Gasteiger partial charge in [0.1, 0.15) is 23.0 Å². The van der Waals surface area contributed by atoms with E-state index in [0.29, 0.717) is 33.6 Å². The number of hydrogen-bond donors (Lipinski definition) is 3. The summed E-state index contributed by atoms with van der Waals surface area (Å²) in [6.07, 6.45) is 0. The number of amides is 1. The first-order valence-electron chi connectivity index (χ1n) is 9.35. The van der Waals surface area contributed by atoms with Gasteiger partial charge in [-0.3, -0.25) is 4.79 Å². The van der Waals surface area contributed by atoms with Crippen molar-refractivity contribution >= 4 is 11.9 Å². The molecule has 2 aliphatic heterocycles. The fourth-order valence-corrected chi connectivity index (χ4v) is 4.24. The Hall–Kier alpha value is -4.00. The Bertz CT molecular complexity index is 1230. The van der Waals surface area contributed by atoms with E-state index in [-0.39, 0.29) is 29.7 Å². The Kier molecular flexibility index (Phi) is 3.76. The number of hydrogen-bond acceptors (Lipinski definition) is 6. The molecule has 1 amide bonds. The maximum Gasteiger partial charge on any atom is 0.340 e. The monoisotopic (exact) mass is 403 g/mol. The number of carbonyl (C=O) groups is 2. The molecule has 3 aromatic carbocycles. The molecule has 0 aromatic heterocycles. The summed E-state index contributed by atoms with van der Waals surface area (Å²) in [5.41, 5.74) is 1.31. The third kappa shape index (κ3) is 2.45. The van der Waals surface area contributed by atoms with Gasteiger partial charge >= 0.3 is 5.97 Å². The molecule has 1 spiro atoms. The predicted octanol–water partition coefficient (Wildman–Crippen LogP) is 3.30. The van der Waals surface area contributed by atoms with Crippen LogP contribution in [0.25, 0.3) is 0 Å². The third-order valence-electron chi connectivity index (χ3n) is 5.38. The lowest BCUT2D eigenvalue weighted by molar-refractivity contribution is -0.119. The van der Waals surface area contributed by atoms with Crippen LogP contribution in [-0.2, 0) is 21.7 Å². The van der Waals surface area contributed by atoms with E-state index < -0.39 is 11.6 Å². The van der Waals surface area contributed by atoms with Crippen LogP contribution in [-0.4, -0.2) is 22.1 Å². The van der Waals surface area contributed by atoms with Gasteiger partial charge in [0.2, 0.25) is 5.91 Å². The minimum Gasteiger partial charge on any atom is -0.508 e. The lowest BCUT2D eigenvalue weighted by Crippen LogP contribution is -2.35. The van der Waals surface area contributed by atoms with Crippen LogP contribution in [0.15, 0.2) is 54.6 Å². The van der Waals surface area contributed by atoms with Crippen molar-refractivity contribution in [1.29, 1.82) is 0 Å². The van der Waals surface area contributed by atoms with Crippen molar-refractivity contribution in [2.24, 2.45) is 0 Å². The number of esters is 1. The third-order valence-corrected chi connectivity index (χ3v) is 5.38. The van der Waals surface area contributed by atoms with Gasteiger partial charge in [0.05, 0.1) is 11.1 Å². The van der Waals surface area contributed by atoms with E-state index in [4.69, 9.17) is 9.47 Å². The number of phenolic OH excluding ortho intramolecular Hbond substituents is 2. The lowest BCUT2D eigenvalue weighted by Gasteiger charge is -2.38. The van der Waals surface area contributed by atoms with Crippen molar-refractivity contribution in [2.75, 3.05) is 0 Å². The van der Waals surface area contributed by atoms with E-state index in [2.05, 4.69) is 5.32 Å². The second-order valence-corrected chi connectivity index (χ2v) is 7.29. The molecule has 0 aliphatic carbocycles. The first-order chi connectivity index (χ1) is 14.4. The van der Waals surface area contributed by atoms with Crippen LogP contribution >= 0.6 is 0 Å². The zero-order valence-electron chi connectivity index (χ0n) is 15.9. The van der Waals surface area contributed by atoms with Gasteiger partial charge in [-0.05, 0) is 29.8 Å². The molecular formula is C23H17NO6. The fraction of sp³-hybridized carbons (Fsp3) is 0.130. The second-order valence-electron chi connectivity index (χ2n) is 7.29. The van der Waals surface area contributed by atoms with Crippen LogP contribution in [0.5, 0.6) is 23.0 Å². The molecule has 0 bridgehead atoms. The van der Waals surface area contributed by atoms with Gasteiger partial charge in [-0.2, -0.15) is 0 Å². The van der Waals surface area contributed by atoms with Gasteiger partial charge in [-0.25, -0.2) is 4.79 Å². The standard InChI is InChI=1S/C23H17NO6/c1-12(25)24-11-13-8-15(27)10-20-21(13)23(18-7-6-14(26)9-19(18)29-20)17-5-3-2-4-16(17)22(28)30-23/h2-10,26-27H,11H2,1H3,(H,24,25). The van der Waals surface area contributed by atoms with E-state index in [9.17, 15) is 19.8 Å². The van der Waals surface area contributed by atoms with E-state index in [1.165, 1.54) is 31.2 Å². The number of fused-ring (bicyclic) bond motifs is 6. The molecule has 2 heterocycles. The van der Waals surface area contributed by atoms with Crippen molar-refractivity contribution in [3.05, 3.63) is 82.4 Å². The Labute approximate surface area is 171 Å². The van der Waals surface area contributed by atoms with Gasteiger partial charge in [-0.1, -0.05) is 18.2 Å². The molecular weight excluding hydrogens is 386 g/mol. The van der Waals surface area contributed by atoms with E-state index in [0.717, 1.165) is 0 Å². The lowest BCUT2D eigenvalue weighted by atomic mass is 9.75. The normalized spacial score (nSPS) is 18.1. The molecule has 1 atom stereocenters. The summed E-state index contributed by atoms with van der Waals surface area (Å²) in [6.45, 7) is 1.49. The number of rotatable bonds is 2. The van der Waals surface area contributed by atoms with E-state index in [1.807, 2.05) is 6.07 Å². The minimum absolute atomic E-state index is 0.0106. The summed E-state index contributed by atoms with van der Waals surface area (Å²) < 4.78 is 12.0. The van der Waals surface area contributed by atoms with Crippen LogP contribution in [0.3, 0.4) is 0 Å². The number of carbonyl (C=O) groups excluding carboxylic acids is 2. The highest BCUT2D eigenvalue weighted by atomic mass is 16.6. The molecule has 5 rings (SSSR count). The average Bonchev–Trinajstić information content (AvgIpc) is 2.99. The maximum atomic E-state index is 12.8. The topological polar surface area (TPSA) is 105 Å². The van der Waals surface area contributed by atoms with Crippen molar-refractivity contribution in [3.8, 4) is 23.0 Å². The van der Waals surface area contributed by atoms with Crippen molar-refractivity contribution < 1.29 is 29.3 Å². The average molecular weight is 403 g/mol. The van der Waals surface area contributed by atoms with Gasteiger partial charge in [0.15, 0.2) is 5.60 Å². The van der Waals surface area contributed by atoms with Crippen LogP contribution < -0.4 is 10.1 Å². The highest BCUT2D eigenvalue weighted by molar-refractivity contribution is 5.97. The Morgan fingerprint density at radius 2 is 1.77 bits per heavy atom. The molecule has 0 saturated heterocycles. The predicted molar refractivity (Wildman–Crippen MR) is 106 cm³/mol. The molecule has 30 heavy (non-hydrogen) atoms.